The number of hydrogen-bond donors (Lipinski definition) is 0. The number of rotatable bonds is 4. The van der Waals surface area contributed by atoms with E-state index in [1.165, 1.54) is 24.0 Å². The summed E-state index contributed by atoms with van der Waals surface area (Å²) in [7, 11) is 0. The van der Waals surface area contributed by atoms with Crippen molar-refractivity contribution in [3.63, 3.8) is 0 Å². The summed E-state index contributed by atoms with van der Waals surface area (Å²) >= 11 is 6.55. The molecule has 1 saturated carbocycles. The van der Waals surface area contributed by atoms with Gasteiger partial charge in [0.2, 0.25) is 0 Å². The molecule has 0 heterocycles. The summed E-state index contributed by atoms with van der Waals surface area (Å²) in [5, 5.41) is 0.191. The fourth-order valence-corrected chi connectivity index (χ4v) is 3.06. The molecule has 1 aliphatic rings. The lowest BCUT2D eigenvalue weighted by Crippen LogP contribution is -2.00. The van der Waals surface area contributed by atoms with E-state index in [0.717, 1.165) is 0 Å². The molecule has 1 heteroatoms. The standard InChI is InChI=1S/C16H23Cl/c1-5-11(2)12-6-8-13(9-7-12)15(17)14-10-16(14,3)4/h6-9,11,14-15H,5,10H2,1-4H3. The molecule has 0 aromatic heterocycles. The van der Waals surface area contributed by atoms with E-state index in [1.54, 1.807) is 0 Å². The Bertz CT molecular complexity index is 377. The van der Waals surface area contributed by atoms with Gasteiger partial charge in [0.15, 0.2) is 0 Å². The van der Waals surface area contributed by atoms with Gasteiger partial charge in [-0.05, 0) is 41.2 Å². The van der Waals surface area contributed by atoms with Gasteiger partial charge in [-0.25, -0.2) is 0 Å². The maximum absolute atomic E-state index is 6.55. The van der Waals surface area contributed by atoms with Crippen LogP contribution in [0.15, 0.2) is 24.3 Å². The number of benzene rings is 1. The van der Waals surface area contributed by atoms with E-state index in [4.69, 9.17) is 11.6 Å². The van der Waals surface area contributed by atoms with Gasteiger partial charge in [-0.1, -0.05) is 52.0 Å². The van der Waals surface area contributed by atoms with Gasteiger partial charge in [0.05, 0.1) is 5.38 Å². The first kappa shape index (κ1) is 13.0. The van der Waals surface area contributed by atoms with E-state index < -0.39 is 0 Å². The smallest absolute Gasteiger partial charge is 0.0618 e. The van der Waals surface area contributed by atoms with Gasteiger partial charge < -0.3 is 0 Å². The molecule has 17 heavy (non-hydrogen) atoms. The van der Waals surface area contributed by atoms with Gasteiger partial charge in [-0.3, -0.25) is 0 Å². The molecule has 1 aromatic rings. The van der Waals surface area contributed by atoms with Gasteiger partial charge >= 0.3 is 0 Å². The van der Waals surface area contributed by atoms with Gasteiger partial charge in [0.25, 0.3) is 0 Å². The molecule has 94 valence electrons. The molecule has 0 bridgehead atoms. The second-order valence-corrected chi connectivity index (χ2v) is 6.65. The average Bonchev–Trinajstić information content (AvgIpc) is 2.97. The lowest BCUT2D eigenvalue weighted by molar-refractivity contribution is 0.548. The molecule has 3 atom stereocenters. The molecule has 0 amide bonds. The van der Waals surface area contributed by atoms with Crippen LogP contribution in [0, 0.1) is 11.3 Å². The summed E-state index contributed by atoms with van der Waals surface area (Å²) in [4.78, 5) is 0. The quantitative estimate of drug-likeness (QED) is 0.617. The van der Waals surface area contributed by atoms with Crippen LogP contribution in [0.25, 0.3) is 0 Å². The number of hydrogen-bond acceptors (Lipinski definition) is 0. The Morgan fingerprint density at radius 2 is 1.71 bits per heavy atom. The van der Waals surface area contributed by atoms with Crippen LogP contribution in [0.4, 0.5) is 0 Å². The fraction of sp³-hybridized carbons (Fsp3) is 0.625. The molecule has 0 N–H and O–H groups in total. The maximum Gasteiger partial charge on any atom is 0.0618 e. The van der Waals surface area contributed by atoms with Crippen LogP contribution < -0.4 is 0 Å². The predicted octanol–water partition coefficient (Wildman–Crippen LogP) is 5.53. The molecule has 3 unspecified atom stereocenters. The van der Waals surface area contributed by atoms with Crippen LogP contribution in [-0.2, 0) is 0 Å². The Labute approximate surface area is 110 Å². The Morgan fingerprint density at radius 1 is 1.24 bits per heavy atom. The van der Waals surface area contributed by atoms with E-state index in [2.05, 4.69) is 52.0 Å². The molecule has 1 fully saturated rings. The van der Waals surface area contributed by atoms with Crippen LogP contribution in [0.5, 0.6) is 0 Å². The average molecular weight is 251 g/mol. The third-order valence-corrected chi connectivity index (χ3v) is 4.94. The second kappa shape index (κ2) is 4.65. The highest BCUT2D eigenvalue weighted by atomic mass is 35.5. The minimum Gasteiger partial charge on any atom is -0.117 e. The topological polar surface area (TPSA) is 0 Å². The normalized spacial score (nSPS) is 25.4. The summed E-state index contributed by atoms with van der Waals surface area (Å²) in [6.07, 6.45) is 2.45. The van der Waals surface area contributed by atoms with Crippen molar-refractivity contribution < 1.29 is 0 Å². The summed E-state index contributed by atoms with van der Waals surface area (Å²) in [5.74, 6) is 1.30. The maximum atomic E-state index is 6.55. The Morgan fingerprint density at radius 3 is 2.12 bits per heavy atom. The first-order chi connectivity index (χ1) is 7.95. The van der Waals surface area contributed by atoms with Crippen LogP contribution >= 0.6 is 11.6 Å². The van der Waals surface area contributed by atoms with Crippen molar-refractivity contribution in [2.75, 3.05) is 0 Å². The zero-order valence-corrected chi connectivity index (χ0v) is 12.1. The van der Waals surface area contributed by atoms with E-state index in [1.807, 2.05) is 0 Å². The number of halogens is 1. The Kier molecular flexibility index (Phi) is 3.54. The monoisotopic (exact) mass is 250 g/mol. The SMILES string of the molecule is CCC(C)c1ccc(C(Cl)C2CC2(C)C)cc1. The Balaban J connectivity index is 2.08. The number of alkyl halides is 1. The zero-order valence-electron chi connectivity index (χ0n) is 11.3. The highest BCUT2D eigenvalue weighted by Crippen LogP contribution is 2.59. The molecule has 1 aromatic carbocycles. The molecule has 0 aliphatic heterocycles. The largest absolute Gasteiger partial charge is 0.117 e. The summed E-state index contributed by atoms with van der Waals surface area (Å²) in [6.45, 7) is 9.12. The van der Waals surface area contributed by atoms with Gasteiger partial charge in [-0.2, -0.15) is 0 Å². The Hall–Kier alpha value is -0.490. The predicted molar refractivity (Wildman–Crippen MR) is 75.6 cm³/mol. The third-order valence-electron chi connectivity index (χ3n) is 4.38. The minimum absolute atomic E-state index is 0.191. The highest BCUT2D eigenvalue weighted by Gasteiger charge is 2.49. The first-order valence-electron chi connectivity index (χ1n) is 6.69. The van der Waals surface area contributed by atoms with E-state index in [-0.39, 0.29) is 5.38 Å². The second-order valence-electron chi connectivity index (χ2n) is 6.18. The molecule has 1 aliphatic carbocycles. The molecule has 0 nitrogen and oxygen atoms in total. The molecule has 0 radical (unpaired) electrons. The van der Waals surface area contributed by atoms with Crippen LogP contribution in [0.3, 0.4) is 0 Å². The molecular formula is C16H23Cl. The van der Waals surface area contributed by atoms with Crippen molar-refractivity contribution in [3.8, 4) is 0 Å². The summed E-state index contributed by atoms with van der Waals surface area (Å²) in [6, 6.07) is 8.92. The molecule has 0 saturated heterocycles. The van der Waals surface area contributed by atoms with Gasteiger partial charge in [0, 0.05) is 0 Å². The van der Waals surface area contributed by atoms with Crippen LogP contribution in [0.2, 0.25) is 0 Å². The molecular weight excluding hydrogens is 228 g/mol. The van der Waals surface area contributed by atoms with Crippen molar-refractivity contribution in [3.05, 3.63) is 35.4 Å². The minimum atomic E-state index is 0.191. The van der Waals surface area contributed by atoms with Crippen molar-refractivity contribution >= 4 is 11.6 Å². The highest BCUT2D eigenvalue weighted by molar-refractivity contribution is 6.21. The van der Waals surface area contributed by atoms with Crippen molar-refractivity contribution in [1.29, 1.82) is 0 Å². The summed E-state index contributed by atoms with van der Waals surface area (Å²) in [5.41, 5.74) is 3.16. The van der Waals surface area contributed by atoms with Crippen molar-refractivity contribution in [2.24, 2.45) is 11.3 Å². The molecule has 0 spiro atoms. The van der Waals surface area contributed by atoms with Crippen LogP contribution in [0.1, 0.15) is 63.0 Å². The molecule has 2 rings (SSSR count). The van der Waals surface area contributed by atoms with Gasteiger partial charge in [-0.15, -0.1) is 11.6 Å². The van der Waals surface area contributed by atoms with Crippen LogP contribution in [-0.4, -0.2) is 0 Å². The van der Waals surface area contributed by atoms with Crippen molar-refractivity contribution in [1.82, 2.24) is 0 Å². The van der Waals surface area contributed by atoms with E-state index >= 15 is 0 Å². The lowest BCUT2D eigenvalue weighted by Gasteiger charge is -2.14. The van der Waals surface area contributed by atoms with Gasteiger partial charge in [0.1, 0.15) is 0 Å². The van der Waals surface area contributed by atoms with Crippen molar-refractivity contribution in [2.45, 2.75) is 51.8 Å². The summed E-state index contributed by atoms with van der Waals surface area (Å²) < 4.78 is 0. The third kappa shape index (κ3) is 2.68. The van der Waals surface area contributed by atoms with E-state index in [0.29, 0.717) is 17.3 Å². The zero-order chi connectivity index (χ0) is 12.6. The first-order valence-corrected chi connectivity index (χ1v) is 7.13. The fourth-order valence-electron chi connectivity index (χ4n) is 2.48. The lowest BCUT2D eigenvalue weighted by atomic mass is 9.95. The van der Waals surface area contributed by atoms with E-state index in [9.17, 15) is 0 Å².